The van der Waals surface area contributed by atoms with Crippen molar-refractivity contribution in [2.75, 3.05) is 0 Å². The first kappa shape index (κ1) is 33.0. The number of amides is 4. The largest absolute Gasteiger partial charge is 0.445 e. The molecule has 0 aliphatic heterocycles. The highest BCUT2D eigenvalue weighted by Gasteiger charge is 2.38. The molecule has 2 aromatic rings. The molecule has 0 aromatic heterocycles. The first-order chi connectivity index (χ1) is 19.5. The Morgan fingerprint density at radius 2 is 1.05 bits per heavy atom. The Morgan fingerprint density at radius 3 is 1.37 bits per heavy atom. The zero-order valence-corrected chi connectivity index (χ0v) is 24.3. The lowest BCUT2D eigenvalue weighted by Gasteiger charge is -2.32. The number of nitrogens with zero attached hydrogens (tertiary/aromatic N) is 1. The second-order valence-electron chi connectivity index (χ2n) is 10.6. The summed E-state index contributed by atoms with van der Waals surface area (Å²) in [4.78, 5) is 65.2. The zero-order valence-electron chi connectivity index (χ0n) is 24.3. The summed E-state index contributed by atoms with van der Waals surface area (Å²) in [6, 6.07) is 14.5. The Kier molecular flexibility index (Phi) is 13.5. The standard InChI is InChI=1S/C31H40N3O7/c1-21(2)16-26(32-30(38)40-19-24-12-8-6-9-13-24)28(36)34(23(5)18-35)29(37)27(17-22(3)4)33-31(39)41-20-25-14-10-7-11-15-25/h6-15,21-23,26-27H,16-17,19-20H2,1-5H3,(H,32,38)(H,33,39)/t23-,26-,27-/m0/s1. The lowest BCUT2D eigenvalue weighted by atomic mass is 9.99. The number of carbonyl (C=O) groups excluding carboxylic acids is 5. The Bertz CT molecular complexity index is 1060. The van der Waals surface area contributed by atoms with Gasteiger partial charge in [-0.2, -0.15) is 0 Å². The fourth-order valence-corrected chi connectivity index (χ4v) is 4.08. The molecule has 41 heavy (non-hydrogen) atoms. The Morgan fingerprint density at radius 1 is 0.683 bits per heavy atom. The Hall–Kier alpha value is -4.21. The molecular formula is C31H40N3O7. The SMILES string of the molecule is CC(C)C[C@H](NC(=O)OCc1ccccc1)C(=O)N(C(=O)[C@H](CC(C)C)NC(=O)OCc1ccccc1)[C@@H](C)[C]=O. The summed E-state index contributed by atoms with van der Waals surface area (Å²) < 4.78 is 10.6. The molecule has 10 nitrogen and oxygen atoms in total. The van der Waals surface area contributed by atoms with E-state index in [9.17, 15) is 24.0 Å². The average Bonchev–Trinajstić information content (AvgIpc) is 2.94. The van der Waals surface area contributed by atoms with Gasteiger partial charge in [-0.25, -0.2) is 9.59 Å². The van der Waals surface area contributed by atoms with Gasteiger partial charge in [0.05, 0.1) is 0 Å². The number of imide groups is 1. The van der Waals surface area contributed by atoms with Crippen LogP contribution < -0.4 is 10.6 Å². The van der Waals surface area contributed by atoms with Gasteiger partial charge in [-0.3, -0.25) is 19.3 Å². The summed E-state index contributed by atoms with van der Waals surface area (Å²) in [6.07, 6.45) is 0.356. The predicted molar refractivity (Wildman–Crippen MR) is 153 cm³/mol. The highest BCUT2D eigenvalue weighted by molar-refractivity contribution is 6.03. The second-order valence-corrected chi connectivity index (χ2v) is 10.6. The molecule has 0 unspecified atom stereocenters. The predicted octanol–water partition coefficient (Wildman–Crippen LogP) is 4.52. The van der Waals surface area contributed by atoms with Crippen LogP contribution in [0.2, 0.25) is 0 Å². The molecule has 2 N–H and O–H groups in total. The van der Waals surface area contributed by atoms with E-state index in [0.717, 1.165) is 16.0 Å². The van der Waals surface area contributed by atoms with E-state index >= 15 is 0 Å². The van der Waals surface area contributed by atoms with Crippen molar-refractivity contribution in [2.24, 2.45) is 11.8 Å². The third-order valence-electron chi connectivity index (χ3n) is 6.05. The molecule has 0 spiro atoms. The van der Waals surface area contributed by atoms with Crippen LogP contribution in [0.1, 0.15) is 58.6 Å². The van der Waals surface area contributed by atoms with Gasteiger partial charge in [-0.1, -0.05) is 88.4 Å². The van der Waals surface area contributed by atoms with Gasteiger partial charge in [0, 0.05) is 0 Å². The van der Waals surface area contributed by atoms with Crippen molar-refractivity contribution in [3.05, 3.63) is 71.8 Å². The number of rotatable bonds is 14. The van der Waals surface area contributed by atoms with Gasteiger partial charge in [0.1, 0.15) is 31.3 Å². The van der Waals surface area contributed by atoms with E-state index in [0.29, 0.717) is 0 Å². The summed E-state index contributed by atoms with van der Waals surface area (Å²) in [5, 5.41) is 5.09. The van der Waals surface area contributed by atoms with Crippen LogP contribution in [-0.2, 0) is 37.1 Å². The topological polar surface area (TPSA) is 131 Å². The van der Waals surface area contributed by atoms with E-state index in [1.807, 2.05) is 64.1 Å². The van der Waals surface area contributed by atoms with Crippen LogP contribution in [0.5, 0.6) is 0 Å². The van der Waals surface area contributed by atoms with Crippen LogP contribution in [0.3, 0.4) is 0 Å². The Balaban J connectivity index is 2.20. The molecule has 0 heterocycles. The number of alkyl carbamates (subject to hydrolysis) is 2. The van der Waals surface area contributed by atoms with E-state index in [-0.39, 0.29) is 37.9 Å². The first-order valence-electron chi connectivity index (χ1n) is 13.7. The molecular weight excluding hydrogens is 526 g/mol. The van der Waals surface area contributed by atoms with Crippen molar-refractivity contribution in [1.29, 1.82) is 0 Å². The third-order valence-corrected chi connectivity index (χ3v) is 6.05. The number of ether oxygens (including phenoxy) is 2. The maximum absolute atomic E-state index is 13.7. The summed E-state index contributed by atoms with van der Waals surface area (Å²) in [5.74, 6) is -1.71. The van der Waals surface area contributed by atoms with Gasteiger partial charge in [0.25, 0.3) is 11.8 Å². The molecule has 0 saturated carbocycles. The van der Waals surface area contributed by atoms with Gasteiger partial charge < -0.3 is 20.1 Å². The van der Waals surface area contributed by atoms with E-state index in [4.69, 9.17) is 9.47 Å². The smallest absolute Gasteiger partial charge is 0.408 e. The molecule has 2 aromatic carbocycles. The van der Waals surface area contributed by atoms with Gasteiger partial charge in [-0.15, -0.1) is 0 Å². The molecule has 0 bridgehead atoms. The second kappa shape index (κ2) is 16.8. The summed E-state index contributed by atoms with van der Waals surface area (Å²) in [5.41, 5.74) is 1.52. The zero-order chi connectivity index (χ0) is 30.4. The van der Waals surface area contributed by atoms with Crippen LogP contribution in [0.25, 0.3) is 0 Å². The maximum Gasteiger partial charge on any atom is 0.408 e. The van der Waals surface area contributed by atoms with E-state index in [2.05, 4.69) is 10.6 Å². The molecule has 1 radical (unpaired) electrons. The molecule has 0 aliphatic rings. The van der Waals surface area contributed by atoms with Crippen LogP contribution in [0, 0.1) is 11.8 Å². The molecule has 0 saturated heterocycles. The fourth-order valence-electron chi connectivity index (χ4n) is 4.08. The van der Waals surface area contributed by atoms with E-state index in [1.165, 1.54) is 6.92 Å². The quantitative estimate of drug-likeness (QED) is 0.344. The molecule has 4 amide bonds. The van der Waals surface area contributed by atoms with Crippen molar-refractivity contribution in [2.45, 2.75) is 78.8 Å². The molecule has 2 rings (SSSR count). The number of nitrogens with one attached hydrogen (secondary N) is 2. The minimum Gasteiger partial charge on any atom is -0.445 e. The molecule has 0 fully saturated rings. The minimum absolute atomic E-state index is 0.0120. The van der Waals surface area contributed by atoms with Crippen molar-refractivity contribution in [3.8, 4) is 0 Å². The van der Waals surface area contributed by atoms with Gasteiger partial charge in [0.2, 0.25) is 6.29 Å². The average molecular weight is 567 g/mol. The van der Waals surface area contributed by atoms with Gasteiger partial charge in [-0.05, 0) is 42.7 Å². The summed E-state index contributed by atoms with van der Waals surface area (Å²) in [6.45, 7) is 8.73. The van der Waals surface area contributed by atoms with Gasteiger partial charge in [0.15, 0.2) is 0 Å². The monoisotopic (exact) mass is 566 g/mol. The summed E-state index contributed by atoms with van der Waals surface area (Å²) >= 11 is 0. The molecule has 221 valence electrons. The van der Waals surface area contributed by atoms with Crippen LogP contribution in [-0.4, -0.2) is 53.3 Å². The van der Waals surface area contributed by atoms with Crippen molar-refractivity contribution >= 4 is 30.3 Å². The summed E-state index contributed by atoms with van der Waals surface area (Å²) in [7, 11) is 0. The molecule has 3 atom stereocenters. The van der Waals surface area contributed by atoms with Crippen molar-refractivity contribution in [3.63, 3.8) is 0 Å². The highest BCUT2D eigenvalue weighted by Crippen LogP contribution is 2.16. The van der Waals surface area contributed by atoms with Crippen LogP contribution in [0.4, 0.5) is 9.59 Å². The maximum atomic E-state index is 13.7. The lowest BCUT2D eigenvalue weighted by molar-refractivity contribution is -0.149. The molecule has 0 aliphatic carbocycles. The Labute approximate surface area is 241 Å². The highest BCUT2D eigenvalue weighted by atomic mass is 16.6. The first-order valence-corrected chi connectivity index (χ1v) is 13.7. The number of hydrogen-bond acceptors (Lipinski definition) is 7. The number of carbonyl (C=O) groups is 4. The third kappa shape index (κ3) is 11.4. The molecule has 10 heteroatoms. The van der Waals surface area contributed by atoms with Crippen LogP contribution in [0.15, 0.2) is 60.7 Å². The van der Waals surface area contributed by atoms with Crippen molar-refractivity contribution < 1.29 is 33.4 Å². The lowest BCUT2D eigenvalue weighted by Crippen LogP contribution is -2.59. The normalized spacial score (nSPS) is 13.0. The van der Waals surface area contributed by atoms with E-state index < -0.39 is 42.1 Å². The van der Waals surface area contributed by atoms with Crippen molar-refractivity contribution in [1.82, 2.24) is 15.5 Å². The van der Waals surface area contributed by atoms with Crippen LogP contribution >= 0.6 is 0 Å². The fraction of sp³-hybridized carbons (Fsp3) is 0.452. The van der Waals surface area contributed by atoms with Gasteiger partial charge >= 0.3 is 12.2 Å². The number of benzene rings is 2. The number of hydrogen-bond donors (Lipinski definition) is 2. The van der Waals surface area contributed by atoms with E-state index in [1.54, 1.807) is 30.6 Å². The minimum atomic E-state index is -1.27.